The van der Waals surface area contributed by atoms with Gasteiger partial charge in [0, 0.05) is 19.0 Å². The van der Waals surface area contributed by atoms with Gasteiger partial charge in [0.15, 0.2) is 11.5 Å². The number of aliphatic carboxylic acids is 1. The Kier molecular flexibility index (Phi) is 5.38. The highest BCUT2D eigenvalue weighted by Crippen LogP contribution is 2.35. The number of carboxylic acid groups (broad SMARTS) is 1. The fourth-order valence-electron chi connectivity index (χ4n) is 2.23. The van der Waals surface area contributed by atoms with Gasteiger partial charge in [-0.25, -0.2) is 0 Å². The number of aliphatic hydroxyl groups is 2. The van der Waals surface area contributed by atoms with E-state index in [0.717, 1.165) is 0 Å². The van der Waals surface area contributed by atoms with E-state index in [1.807, 2.05) is 0 Å². The van der Waals surface area contributed by atoms with Crippen LogP contribution < -0.4 is 14.8 Å². The molecule has 2 atom stereocenters. The highest BCUT2D eigenvalue weighted by molar-refractivity contribution is 5.66. The molecule has 2 rings (SSSR count). The van der Waals surface area contributed by atoms with Gasteiger partial charge in [-0.05, 0) is 24.1 Å². The summed E-state index contributed by atoms with van der Waals surface area (Å²) in [6.45, 7) is 0.351. The molecule has 2 unspecified atom stereocenters. The molecule has 1 aromatic rings. The first-order valence-electron chi connectivity index (χ1n) is 6.75. The van der Waals surface area contributed by atoms with Crippen molar-refractivity contribution in [3.8, 4) is 11.5 Å². The molecule has 0 bridgehead atoms. The van der Waals surface area contributed by atoms with E-state index in [-0.39, 0.29) is 32.8 Å². The van der Waals surface area contributed by atoms with Gasteiger partial charge < -0.3 is 30.1 Å². The summed E-state index contributed by atoms with van der Waals surface area (Å²) in [6, 6.07) is 4.64. The van der Waals surface area contributed by atoms with Gasteiger partial charge in [-0.2, -0.15) is 0 Å². The van der Waals surface area contributed by atoms with Crippen molar-refractivity contribution < 1.29 is 29.6 Å². The molecule has 116 valence electrons. The minimum absolute atomic E-state index is 0.0648. The molecule has 4 N–H and O–H groups in total. The van der Waals surface area contributed by atoms with Crippen LogP contribution in [0.25, 0.3) is 0 Å². The Morgan fingerprint density at radius 3 is 2.81 bits per heavy atom. The van der Waals surface area contributed by atoms with Gasteiger partial charge >= 0.3 is 5.97 Å². The Morgan fingerprint density at radius 2 is 2.10 bits per heavy atom. The van der Waals surface area contributed by atoms with Crippen LogP contribution in [0.4, 0.5) is 0 Å². The second-order valence-electron chi connectivity index (χ2n) is 4.77. The third-order valence-corrected chi connectivity index (χ3v) is 3.31. The number of hydrogen-bond donors (Lipinski definition) is 4. The summed E-state index contributed by atoms with van der Waals surface area (Å²) in [5.41, 5.74) is 0.611. The molecular formula is C14H19NO6. The smallest absolute Gasteiger partial charge is 0.303 e. The average Bonchev–Trinajstić information content (AvgIpc) is 2.93. The van der Waals surface area contributed by atoms with Gasteiger partial charge in [0.05, 0.1) is 12.7 Å². The average molecular weight is 297 g/mol. The van der Waals surface area contributed by atoms with Crippen molar-refractivity contribution in [3.63, 3.8) is 0 Å². The van der Waals surface area contributed by atoms with Crippen LogP contribution in [0.15, 0.2) is 18.2 Å². The molecule has 0 saturated carbocycles. The fraction of sp³-hybridized carbons (Fsp3) is 0.500. The molecular weight excluding hydrogens is 278 g/mol. The molecule has 0 radical (unpaired) electrons. The van der Waals surface area contributed by atoms with Gasteiger partial charge in [0.1, 0.15) is 0 Å². The number of ether oxygens (including phenoxy) is 2. The highest BCUT2D eigenvalue weighted by Gasteiger charge is 2.23. The first-order valence-corrected chi connectivity index (χ1v) is 6.75. The summed E-state index contributed by atoms with van der Waals surface area (Å²) in [4.78, 5) is 10.7. The molecule has 0 saturated heterocycles. The zero-order valence-electron chi connectivity index (χ0n) is 11.5. The van der Waals surface area contributed by atoms with Crippen molar-refractivity contribution in [2.24, 2.45) is 0 Å². The van der Waals surface area contributed by atoms with Crippen LogP contribution in [0, 0.1) is 0 Å². The van der Waals surface area contributed by atoms with Gasteiger partial charge in [0.2, 0.25) is 6.79 Å². The van der Waals surface area contributed by atoms with Gasteiger partial charge in [-0.1, -0.05) is 6.07 Å². The van der Waals surface area contributed by atoms with Crippen LogP contribution in [0.2, 0.25) is 0 Å². The quantitative estimate of drug-likeness (QED) is 0.545. The van der Waals surface area contributed by atoms with Crippen LogP contribution in [0.3, 0.4) is 0 Å². The summed E-state index contributed by atoms with van der Waals surface area (Å²) >= 11 is 0. The van der Waals surface area contributed by atoms with E-state index in [0.29, 0.717) is 17.1 Å². The Hall–Kier alpha value is -1.83. The van der Waals surface area contributed by atoms with Crippen molar-refractivity contribution in [2.45, 2.75) is 25.0 Å². The first-order chi connectivity index (χ1) is 10.1. The number of carbonyl (C=O) groups is 1. The largest absolute Gasteiger partial charge is 0.481 e. The monoisotopic (exact) mass is 297 g/mol. The minimum Gasteiger partial charge on any atom is -0.481 e. The SMILES string of the molecule is O=C(O)CCC(NCCO)C(O)c1ccc2c(c1)OCO2. The van der Waals surface area contributed by atoms with E-state index < -0.39 is 18.1 Å². The van der Waals surface area contributed by atoms with Gasteiger partial charge in [0.25, 0.3) is 0 Å². The molecule has 0 amide bonds. The molecule has 0 fully saturated rings. The maximum atomic E-state index is 10.7. The second kappa shape index (κ2) is 7.26. The molecule has 0 spiro atoms. The molecule has 0 aromatic heterocycles. The third-order valence-electron chi connectivity index (χ3n) is 3.31. The second-order valence-corrected chi connectivity index (χ2v) is 4.77. The standard InChI is InChI=1S/C14H19NO6/c16-6-5-15-10(2-4-13(17)18)14(19)9-1-3-11-12(7-9)21-8-20-11/h1,3,7,10,14-16,19H,2,4-6,8H2,(H,17,18). The zero-order chi connectivity index (χ0) is 15.2. The lowest BCUT2D eigenvalue weighted by Crippen LogP contribution is -2.37. The number of carboxylic acids is 1. The van der Waals surface area contributed by atoms with Crippen LogP contribution >= 0.6 is 0 Å². The number of benzene rings is 1. The van der Waals surface area contributed by atoms with Crippen LogP contribution in [-0.2, 0) is 4.79 Å². The Morgan fingerprint density at radius 1 is 1.33 bits per heavy atom. The van der Waals surface area contributed by atoms with Crippen molar-refractivity contribution in [1.82, 2.24) is 5.32 Å². The predicted octanol–water partition coefficient (Wildman–Crippen LogP) is 0.264. The molecule has 1 aliphatic rings. The van der Waals surface area contributed by atoms with E-state index in [1.54, 1.807) is 18.2 Å². The number of hydrogen-bond acceptors (Lipinski definition) is 6. The van der Waals surface area contributed by atoms with Crippen LogP contribution in [0.5, 0.6) is 11.5 Å². The number of fused-ring (bicyclic) bond motifs is 1. The molecule has 1 aliphatic heterocycles. The van der Waals surface area contributed by atoms with E-state index >= 15 is 0 Å². The topological polar surface area (TPSA) is 108 Å². The zero-order valence-corrected chi connectivity index (χ0v) is 11.5. The summed E-state index contributed by atoms with van der Waals surface area (Å²) in [5.74, 6) is 0.255. The molecule has 0 aliphatic carbocycles. The van der Waals surface area contributed by atoms with E-state index in [4.69, 9.17) is 19.7 Å². The number of rotatable bonds is 8. The Labute approximate surface area is 122 Å². The third kappa shape index (κ3) is 4.07. The maximum absolute atomic E-state index is 10.7. The highest BCUT2D eigenvalue weighted by atomic mass is 16.7. The lowest BCUT2D eigenvalue weighted by atomic mass is 9.98. The summed E-state index contributed by atoms with van der Waals surface area (Å²) in [7, 11) is 0. The number of aliphatic hydroxyl groups excluding tert-OH is 2. The van der Waals surface area contributed by atoms with Crippen LogP contribution in [0.1, 0.15) is 24.5 Å². The molecule has 1 heterocycles. The first kappa shape index (κ1) is 15.6. The van der Waals surface area contributed by atoms with Crippen LogP contribution in [-0.4, -0.2) is 47.3 Å². The Balaban J connectivity index is 2.08. The lowest BCUT2D eigenvalue weighted by molar-refractivity contribution is -0.137. The lowest BCUT2D eigenvalue weighted by Gasteiger charge is -2.24. The van der Waals surface area contributed by atoms with E-state index in [2.05, 4.69) is 5.32 Å². The molecule has 1 aromatic carbocycles. The number of nitrogens with one attached hydrogen (secondary N) is 1. The van der Waals surface area contributed by atoms with Crippen molar-refractivity contribution in [2.75, 3.05) is 19.9 Å². The summed E-state index contributed by atoms with van der Waals surface area (Å²) in [6.07, 6.45) is -0.708. The van der Waals surface area contributed by atoms with E-state index in [9.17, 15) is 9.90 Å². The summed E-state index contributed by atoms with van der Waals surface area (Å²) < 4.78 is 10.5. The molecule has 7 nitrogen and oxygen atoms in total. The minimum atomic E-state index is -0.927. The van der Waals surface area contributed by atoms with Gasteiger partial charge in [-0.3, -0.25) is 4.79 Å². The van der Waals surface area contributed by atoms with Crippen molar-refractivity contribution >= 4 is 5.97 Å². The molecule has 21 heavy (non-hydrogen) atoms. The van der Waals surface area contributed by atoms with E-state index in [1.165, 1.54) is 0 Å². The predicted molar refractivity (Wildman–Crippen MR) is 73.3 cm³/mol. The van der Waals surface area contributed by atoms with Gasteiger partial charge in [-0.15, -0.1) is 0 Å². The normalized spacial score (nSPS) is 15.7. The Bertz CT molecular complexity index is 492. The summed E-state index contributed by atoms with van der Waals surface area (Å²) in [5, 5.41) is 31.0. The molecule has 7 heteroatoms. The van der Waals surface area contributed by atoms with Crippen molar-refractivity contribution in [1.29, 1.82) is 0 Å². The maximum Gasteiger partial charge on any atom is 0.303 e. The van der Waals surface area contributed by atoms with Crippen molar-refractivity contribution in [3.05, 3.63) is 23.8 Å². The fourth-order valence-corrected chi connectivity index (χ4v) is 2.23.